The fraction of sp³-hybridized carbons (Fsp3) is 0.417. The minimum Gasteiger partial charge on any atom is -0.387 e. The molecule has 6 heteroatoms. The number of halogens is 2. The van der Waals surface area contributed by atoms with Crippen LogP contribution in [0.5, 0.6) is 0 Å². The monoisotopic (exact) mass is 304 g/mol. The molecule has 0 bridgehead atoms. The Morgan fingerprint density at radius 2 is 2.17 bits per heavy atom. The fourth-order valence-corrected chi connectivity index (χ4v) is 3.25. The van der Waals surface area contributed by atoms with Crippen LogP contribution < -0.4 is 0 Å². The summed E-state index contributed by atoms with van der Waals surface area (Å²) in [7, 11) is 1.84. The summed E-state index contributed by atoms with van der Waals surface area (Å²) in [4.78, 5) is 0.843. The zero-order chi connectivity index (χ0) is 13.3. The molecule has 0 amide bonds. The summed E-state index contributed by atoms with van der Waals surface area (Å²) >= 11 is 13.5. The van der Waals surface area contributed by atoms with Crippen molar-refractivity contribution in [1.82, 2.24) is 9.78 Å². The molecule has 0 saturated heterocycles. The maximum Gasteiger partial charge on any atom is 0.0938 e. The van der Waals surface area contributed by atoms with Gasteiger partial charge in [0.25, 0.3) is 0 Å². The second kappa shape index (κ2) is 5.61. The molecule has 98 valence electrons. The average Bonchev–Trinajstić information content (AvgIpc) is 2.87. The first-order chi connectivity index (χ1) is 8.52. The van der Waals surface area contributed by atoms with Gasteiger partial charge in [-0.15, -0.1) is 11.3 Å². The van der Waals surface area contributed by atoms with Crippen molar-refractivity contribution < 1.29 is 5.11 Å². The highest BCUT2D eigenvalue weighted by atomic mass is 35.5. The lowest BCUT2D eigenvalue weighted by Crippen LogP contribution is -2.05. The van der Waals surface area contributed by atoms with Crippen molar-refractivity contribution in [2.24, 2.45) is 7.05 Å². The van der Waals surface area contributed by atoms with Crippen molar-refractivity contribution in [2.45, 2.75) is 25.9 Å². The standard InChI is InChI=1S/C12H14Cl2N2OS/c1-3-7-12(14)8(16(2)15-7)6-9(17)10-4-5-11(13)18-10/h4-5,9,17H,3,6H2,1-2H3. The molecule has 0 aliphatic heterocycles. The maximum absolute atomic E-state index is 10.2. The molecule has 0 aromatic carbocycles. The van der Waals surface area contributed by atoms with Gasteiger partial charge in [0.05, 0.1) is 26.9 Å². The Morgan fingerprint density at radius 1 is 1.44 bits per heavy atom. The third-order valence-electron chi connectivity index (χ3n) is 2.81. The van der Waals surface area contributed by atoms with Gasteiger partial charge in [-0.1, -0.05) is 30.1 Å². The van der Waals surface area contributed by atoms with Crippen molar-refractivity contribution in [3.8, 4) is 0 Å². The Morgan fingerprint density at radius 3 is 2.67 bits per heavy atom. The Hall–Kier alpha value is -0.550. The molecule has 3 nitrogen and oxygen atoms in total. The summed E-state index contributed by atoms with van der Waals surface area (Å²) in [6.07, 6.45) is 0.632. The van der Waals surface area contributed by atoms with Crippen LogP contribution >= 0.6 is 34.5 Å². The van der Waals surface area contributed by atoms with E-state index in [1.807, 2.05) is 20.0 Å². The lowest BCUT2D eigenvalue weighted by atomic mass is 10.1. The highest BCUT2D eigenvalue weighted by Crippen LogP contribution is 2.31. The third-order valence-corrected chi connectivity index (χ3v) is 4.58. The highest BCUT2D eigenvalue weighted by molar-refractivity contribution is 7.16. The van der Waals surface area contributed by atoms with Crippen LogP contribution in [0.2, 0.25) is 9.36 Å². The molecular weight excluding hydrogens is 291 g/mol. The van der Waals surface area contributed by atoms with Crippen LogP contribution in [0.4, 0.5) is 0 Å². The molecule has 1 unspecified atom stereocenters. The van der Waals surface area contributed by atoms with Crippen LogP contribution in [0, 0.1) is 0 Å². The number of aromatic nitrogens is 2. The molecule has 0 saturated carbocycles. The predicted octanol–water partition coefficient (Wildman–Crippen LogP) is 3.63. The van der Waals surface area contributed by atoms with Crippen molar-refractivity contribution in [1.29, 1.82) is 0 Å². The lowest BCUT2D eigenvalue weighted by molar-refractivity contribution is 0.179. The van der Waals surface area contributed by atoms with Crippen molar-refractivity contribution in [2.75, 3.05) is 0 Å². The number of hydrogen-bond donors (Lipinski definition) is 1. The van der Waals surface area contributed by atoms with Gasteiger partial charge in [-0.05, 0) is 18.6 Å². The van der Waals surface area contributed by atoms with E-state index in [9.17, 15) is 5.11 Å². The van der Waals surface area contributed by atoms with Crippen LogP contribution in [0.15, 0.2) is 12.1 Å². The third kappa shape index (κ3) is 2.72. The number of rotatable bonds is 4. The normalized spacial score (nSPS) is 12.9. The number of aliphatic hydroxyl groups is 1. The number of aryl methyl sites for hydroxylation is 2. The van der Waals surface area contributed by atoms with E-state index < -0.39 is 6.10 Å². The van der Waals surface area contributed by atoms with Crippen LogP contribution in [0.3, 0.4) is 0 Å². The predicted molar refractivity (Wildman–Crippen MR) is 75.6 cm³/mol. The van der Waals surface area contributed by atoms with Crippen molar-refractivity contribution in [3.63, 3.8) is 0 Å². The Bertz CT molecular complexity index is 550. The van der Waals surface area contributed by atoms with Gasteiger partial charge in [0, 0.05) is 18.3 Å². The Kier molecular flexibility index (Phi) is 4.33. The zero-order valence-electron chi connectivity index (χ0n) is 10.2. The SMILES string of the molecule is CCc1nn(C)c(CC(O)c2ccc(Cl)s2)c1Cl. The second-order valence-corrected chi connectivity index (χ2v) is 6.17. The Labute approximate surface area is 120 Å². The van der Waals surface area contributed by atoms with Crippen LogP contribution in [-0.2, 0) is 19.9 Å². The number of nitrogens with zero attached hydrogens (tertiary/aromatic N) is 2. The van der Waals surface area contributed by atoms with Crippen molar-refractivity contribution >= 4 is 34.5 Å². The van der Waals surface area contributed by atoms with Crippen molar-refractivity contribution in [3.05, 3.63) is 37.8 Å². The summed E-state index contributed by atoms with van der Waals surface area (Å²) in [5, 5.41) is 15.2. The Balaban J connectivity index is 2.21. The summed E-state index contributed by atoms with van der Waals surface area (Å²) in [5.41, 5.74) is 1.72. The van der Waals surface area contributed by atoms with Gasteiger partial charge in [-0.25, -0.2) is 0 Å². The van der Waals surface area contributed by atoms with Gasteiger partial charge in [-0.2, -0.15) is 5.10 Å². The second-order valence-electron chi connectivity index (χ2n) is 4.05. The molecule has 2 aromatic rings. The molecule has 2 rings (SSSR count). The summed E-state index contributed by atoms with van der Waals surface area (Å²) in [5.74, 6) is 0. The van der Waals surface area contributed by atoms with E-state index in [0.29, 0.717) is 15.8 Å². The van der Waals surface area contributed by atoms with Gasteiger partial charge in [-0.3, -0.25) is 4.68 Å². The average molecular weight is 305 g/mol. The molecule has 2 heterocycles. The maximum atomic E-state index is 10.2. The largest absolute Gasteiger partial charge is 0.387 e. The van der Waals surface area contributed by atoms with E-state index in [4.69, 9.17) is 23.2 Å². The van der Waals surface area contributed by atoms with Gasteiger partial charge < -0.3 is 5.11 Å². The first-order valence-corrected chi connectivity index (χ1v) is 7.23. The smallest absolute Gasteiger partial charge is 0.0938 e. The molecule has 1 atom stereocenters. The number of hydrogen-bond acceptors (Lipinski definition) is 3. The van der Waals surface area contributed by atoms with E-state index in [2.05, 4.69) is 5.10 Å². The van der Waals surface area contributed by atoms with E-state index in [-0.39, 0.29) is 0 Å². The number of aliphatic hydroxyl groups excluding tert-OH is 1. The van der Waals surface area contributed by atoms with E-state index >= 15 is 0 Å². The first kappa shape index (κ1) is 13.9. The minimum atomic E-state index is -0.597. The minimum absolute atomic E-state index is 0.444. The molecule has 1 N–H and O–H groups in total. The molecule has 0 aliphatic rings. The van der Waals surface area contributed by atoms with Gasteiger partial charge in [0.1, 0.15) is 0 Å². The van der Waals surface area contributed by atoms with Gasteiger partial charge in [0.15, 0.2) is 0 Å². The van der Waals surface area contributed by atoms with Crippen LogP contribution in [0.1, 0.15) is 29.3 Å². The quantitative estimate of drug-likeness (QED) is 0.936. The fourth-order valence-electron chi connectivity index (χ4n) is 1.83. The molecular formula is C12H14Cl2N2OS. The number of thiophene rings is 1. The molecule has 0 aliphatic carbocycles. The van der Waals surface area contributed by atoms with Gasteiger partial charge >= 0.3 is 0 Å². The van der Waals surface area contributed by atoms with Crippen LogP contribution in [0.25, 0.3) is 0 Å². The molecule has 0 radical (unpaired) electrons. The van der Waals surface area contributed by atoms with E-state index in [1.165, 1.54) is 11.3 Å². The van der Waals surface area contributed by atoms with E-state index in [0.717, 1.165) is 22.7 Å². The van der Waals surface area contributed by atoms with E-state index in [1.54, 1.807) is 10.7 Å². The molecule has 18 heavy (non-hydrogen) atoms. The topological polar surface area (TPSA) is 38.0 Å². The molecule has 2 aromatic heterocycles. The summed E-state index contributed by atoms with van der Waals surface area (Å²) in [6.45, 7) is 2.01. The van der Waals surface area contributed by atoms with Gasteiger partial charge in [0.2, 0.25) is 0 Å². The summed E-state index contributed by atoms with van der Waals surface area (Å²) in [6, 6.07) is 3.62. The summed E-state index contributed by atoms with van der Waals surface area (Å²) < 4.78 is 2.41. The zero-order valence-corrected chi connectivity index (χ0v) is 12.5. The van der Waals surface area contributed by atoms with Crippen LogP contribution in [-0.4, -0.2) is 14.9 Å². The lowest BCUT2D eigenvalue weighted by Gasteiger charge is -2.09. The first-order valence-electron chi connectivity index (χ1n) is 5.66. The molecule has 0 fully saturated rings. The molecule has 0 spiro atoms. The highest BCUT2D eigenvalue weighted by Gasteiger charge is 2.18.